The molecule has 1 fully saturated rings. The van der Waals surface area contributed by atoms with Gasteiger partial charge in [-0.2, -0.15) is 11.8 Å². The van der Waals surface area contributed by atoms with Gasteiger partial charge in [-0.25, -0.2) is 13.1 Å². The molecule has 0 spiro atoms. The molecule has 2 rings (SSSR count). The predicted octanol–water partition coefficient (Wildman–Crippen LogP) is 1.17. The fraction of sp³-hybridized carbons (Fsp3) is 0.636. The van der Waals surface area contributed by atoms with Crippen LogP contribution in [0.25, 0.3) is 0 Å². The molecule has 0 amide bonds. The van der Waals surface area contributed by atoms with Crippen molar-refractivity contribution in [3.8, 4) is 0 Å². The number of sulfonamides is 1. The molecule has 0 atom stereocenters. The van der Waals surface area contributed by atoms with Gasteiger partial charge in [0.15, 0.2) is 0 Å². The lowest BCUT2D eigenvalue weighted by Gasteiger charge is -2.21. The van der Waals surface area contributed by atoms with Crippen LogP contribution in [0.1, 0.15) is 18.6 Å². The van der Waals surface area contributed by atoms with Crippen LogP contribution >= 0.6 is 11.8 Å². The molecule has 1 aliphatic rings. The molecule has 1 aliphatic heterocycles. The molecule has 1 saturated heterocycles. The van der Waals surface area contributed by atoms with Gasteiger partial charge >= 0.3 is 0 Å². The second kappa shape index (κ2) is 6.10. The largest absolute Gasteiger partial charge is 0.447 e. The molecule has 1 aromatic rings. The molecule has 0 bridgehead atoms. The minimum atomic E-state index is -3.51. The number of hydrogen-bond donors (Lipinski definition) is 2. The Balaban J connectivity index is 2.04. The first-order valence-electron chi connectivity index (χ1n) is 5.95. The second-order valence-corrected chi connectivity index (χ2v) is 7.13. The first-order valence-corrected chi connectivity index (χ1v) is 8.59. The standard InChI is InChI=1S/C11H18N2O3S2/c1-12-8-10-2-3-11(16-10)18(14,15)13-9-4-6-17-7-5-9/h2-3,9,12-13H,4-8H2,1H3. The Morgan fingerprint density at radius 2 is 2.11 bits per heavy atom. The predicted molar refractivity (Wildman–Crippen MR) is 72.1 cm³/mol. The molecule has 102 valence electrons. The zero-order chi connectivity index (χ0) is 13.0. The molecule has 5 nitrogen and oxygen atoms in total. The van der Waals surface area contributed by atoms with Crippen molar-refractivity contribution in [1.29, 1.82) is 0 Å². The summed E-state index contributed by atoms with van der Waals surface area (Å²) in [6, 6.07) is 3.23. The monoisotopic (exact) mass is 290 g/mol. The lowest BCUT2D eigenvalue weighted by molar-refractivity contribution is 0.401. The average molecular weight is 290 g/mol. The van der Waals surface area contributed by atoms with E-state index >= 15 is 0 Å². The van der Waals surface area contributed by atoms with E-state index in [0.717, 1.165) is 24.3 Å². The van der Waals surface area contributed by atoms with Crippen molar-refractivity contribution in [3.05, 3.63) is 17.9 Å². The van der Waals surface area contributed by atoms with Gasteiger partial charge in [0.05, 0.1) is 6.54 Å². The minimum Gasteiger partial charge on any atom is -0.447 e. The molecule has 1 aromatic heterocycles. The molecule has 18 heavy (non-hydrogen) atoms. The molecular formula is C11H18N2O3S2. The van der Waals surface area contributed by atoms with Gasteiger partial charge in [-0.1, -0.05) is 0 Å². The highest BCUT2D eigenvalue weighted by Crippen LogP contribution is 2.20. The van der Waals surface area contributed by atoms with Gasteiger partial charge < -0.3 is 9.73 Å². The molecular weight excluding hydrogens is 272 g/mol. The quantitative estimate of drug-likeness (QED) is 0.852. The Bertz CT molecular complexity index is 478. The van der Waals surface area contributed by atoms with Crippen LogP contribution in [0.2, 0.25) is 0 Å². The smallest absolute Gasteiger partial charge is 0.274 e. The molecule has 7 heteroatoms. The lowest BCUT2D eigenvalue weighted by Crippen LogP contribution is -2.37. The average Bonchev–Trinajstić information content (AvgIpc) is 2.80. The van der Waals surface area contributed by atoms with Crippen molar-refractivity contribution in [1.82, 2.24) is 10.0 Å². The Morgan fingerprint density at radius 3 is 2.78 bits per heavy atom. The highest BCUT2D eigenvalue weighted by molar-refractivity contribution is 7.99. The number of thioether (sulfide) groups is 1. The van der Waals surface area contributed by atoms with Gasteiger partial charge in [-0.3, -0.25) is 0 Å². The van der Waals surface area contributed by atoms with E-state index in [4.69, 9.17) is 4.42 Å². The number of rotatable bonds is 5. The van der Waals surface area contributed by atoms with E-state index in [2.05, 4.69) is 10.0 Å². The van der Waals surface area contributed by atoms with Crippen LogP contribution in [0.4, 0.5) is 0 Å². The van der Waals surface area contributed by atoms with Crippen molar-refractivity contribution in [2.24, 2.45) is 0 Å². The van der Waals surface area contributed by atoms with Crippen LogP contribution < -0.4 is 10.0 Å². The maximum Gasteiger partial charge on any atom is 0.274 e. The first-order chi connectivity index (χ1) is 8.62. The zero-order valence-electron chi connectivity index (χ0n) is 10.3. The minimum absolute atomic E-state index is 0.00553. The number of hydrogen-bond acceptors (Lipinski definition) is 5. The van der Waals surface area contributed by atoms with E-state index in [9.17, 15) is 8.42 Å². The summed E-state index contributed by atoms with van der Waals surface area (Å²) in [7, 11) is -1.72. The molecule has 0 radical (unpaired) electrons. The lowest BCUT2D eigenvalue weighted by atomic mass is 10.2. The fourth-order valence-corrected chi connectivity index (χ4v) is 4.23. The van der Waals surface area contributed by atoms with Crippen LogP contribution in [0, 0.1) is 0 Å². The first kappa shape index (κ1) is 13.9. The summed E-state index contributed by atoms with van der Waals surface area (Å²) in [4.78, 5) is 0. The Kier molecular flexibility index (Phi) is 4.71. The summed E-state index contributed by atoms with van der Waals surface area (Å²) in [6.07, 6.45) is 1.77. The van der Waals surface area contributed by atoms with Crippen molar-refractivity contribution in [3.63, 3.8) is 0 Å². The van der Waals surface area contributed by atoms with Gasteiger partial charge in [0.1, 0.15) is 5.76 Å². The maximum atomic E-state index is 12.1. The van der Waals surface area contributed by atoms with Gasteiger partial charge in [0, 0.05) is 6.04 Å². The van der Waals surface area contributed by atoms with Crippen LogP contribution in [0.3, 0.4) is 0 Å². The third kappa shape index (κ3) is 3.50. The normalized spacial score (nSPS) is 18.1. The highest BCUT2D eigenvalue weighted by Gasteiger charge is 2.24. The number of nitrogens with one attached hydrogen (secondary N) is 2. The molecule has 0 aliphatic carbocycles. The summed E-state index contributed by atoms with van der Waals surface area (Å²) in [5, 5.41) is 2.92. The third-order valence-electron chi connectivity index (χ3n) is 2.80. The van der Waals surface area contributed by atoms with Crippen molar-refractivity contribution >= 4 is 21.8 Å². The maximum absolute atomic E-state index is 12.1. The van der Waals surface area contributed by atoms with E-state index in [1.807, 2.05) is 11.8 Å². The molecule has 0 unspecified atom stereocenters. The SMILES string of the molecule is CNCc1ccc(S(=O)(=O)NC2CCSCC2)o1. The van der Waals surface area contributed by atoms with Crippen molar-refractivity contribution in [2.45, 2.75) is 30.5 Å². The van der Waals surface area contributed by atoms with Gasteiger partial charge in [0.25, 0.3) is 10.0 Å². The molecule has 0 saturated carbocycles. The van der Waals surface area contributed by atoms with Crippen LogP contribution in [-0.4, -0.2) is 33.0 Å². The topological polar surface area (TPSA) is 71.3 Å². The van der Waals surface area contributed by atoms with Crippen molar-refractivity contribution in [2.75, 3.05) is 18.6 Å². The van der Waals surface area contributed by atoms with E-state index in [-0.39, 0.29) is 11.1 Å². The summed E-state index contributed by atoms with van der Waals surface area (Å²) >= 11 is 1.86. The van der Waals surface area contributed by atoms with Gasteiger partial charge in [-0.05, 0) is 43.5 Å². The summed E-state index contributed by atoms with van der Waals surface area (Å²) < 4.78 is 32.2. The zero-order valence-corrected chi connectivity index (χ0v) is 11.9. The molecule has 2 N–H and O–H groups in total. The Morgan fingerprint density at radius 1 is 1.39 bits per heavy atom. The summed E-state index contributed by atoms with van der Waals surface area (Å²) in [5.41, 5.74) is 0. The fourth-order valence-electron chi connectivity index (χ4n) is 1.86. The van der Waals surface area contributed by atoms with Crippen LogP contribution in [-0.2, 0) is 16.6 Å². The van der Waals surface area contributed by atoms with Crippen LogP contribution in [0.5, 0.6) is 0 Å². The van der Waals surface area contributed by atoms with E-state index in [1.54, 1.807) is 13.1 Å². The highest BCUT2D eigenvalue weighted by atomic mass is 32.2. The van der Waals surface area contributed by atoms with E-state index in [0.29, 0.717) is 12.3 Å². The Labute approximate surface area is 112 Å². The van der Waals surface area contributed by atoms with Crippen LogP contribution in [0.15, 0.2) is 21.6 Å². The molecule has 2 heterocycles. The second-order valence-electron chi connectivity index (χ2n) is 4.26. The van der Waals surface area contributed by atoms with Crippen molar-refractivity contribution < 1.29 is 12.8 Å². The summed E-state index contributed by atoms with van der Waals surface area (Å²) in [5.74, 6) is 2.64. The van der Waals surface area contributed by atoms with E-state index < -0.39 is 10.0 Å². The molecule has 0 aromatic carbocycles. The number of furan rings is 1. The van der Waals surface area contributed by atoms with E-state index in [1.165, 1.54) is 6.07 Å². The van der Waals surface area contributed by atoms with Gasteiger partial charge in [-0.15, -0.1) is 0 Å². The Hall–Kier alpha value is -0.500. The summed E-state index contributed by atoms with van der Waals surface area (Å²) in [6.45, 7) is 0.523. The third-order valence-corrected chi connectivity index (χ3v) is 5.24. The van der Waals surface area contributed by atoms with Gasteiger partial charge in [0.2, 0.25) is 5.09 Å².